The second-order valence-corrected chi connectivity index (χ2v) is 6.85. The molecular weight excluding hydrogens is 262 g/mol. The van der Waals surface area contributed by atoms with E-state index in [9.17, 15) is 4.79 Å². The lowest BCUT2D eigenvalue weighted by atomic mass is 9.68. The van der Waals surface area contributed by atoms with Gasteiger partial charge in [-0.3, -0.25) is 9.69 Å². The van der Waals surface area contributed by atoms with Crippen LogP contribution in [0.3, 0.4) is 0 Å². The van der Waals surface area contributed by atoms with Crippen molar-refractivity contribution in [2.45, 2.75) is 83.8 Å². The number of rotatable bonds is 7. The summed E-state index contributed by atoms with van der Waals surface area (Å²) in [5, 5.41) is 0. The number of hydrogen-bond acceptors (Lipinski definition) is 3. The van der Waals surface area contributed by atoms with Gasteiger partial charge in [-0.05, 0) is 58.0 Å². The summed E-state index contributed by atoms with van der Waals surface area (Å²) in [5.41, 5.74) is -0.189. The highest BCUT2D eigenvalue weighted by atomic mass is 16.5. The van der Waals surface area contributed by atoms with Crippen molar-refractivity contribution in [2.75, 3.05) is 19.7 Å². The summed E-state index contributed by atoms with van der Waals surface area (Å²) in [5.74, 6) is 0.699. The zero-order chi connectivity index (χ0) is 15.5. The molecule has 0 bridgehead atoms. The Morgan fingerprint density at radius 2 is 1.81 bits per heavy atom. The minimum Gasteiger partial charge on any atom is -0.375 e. The van der Waals surface area contributed by atoms with Gasteiger partial charge >= 0.3 is 0 Å². The Morgan fingerprint density at radius 3 is 2.24 bits per heavy atom. The Morgan fingerprint density at radius 1 is 1.19 bits per heavy atom. The first-order chi connectivity index (χ1) is 10.1. The monoisotopic (exact) mass is 295 g/mol. The van der Waals surface area contributed by atoms with E-state index in [0.29, 0.717) is 5.78 Å². The highest BCUT2D eigenvalue weighted by molar-refractivity contribution is 5.90. The Kier molecular flexibility index (Phi) is 5.48. The van der Waals surface area contributed by atoms with Gasteiger partial charge in [0.05, 0.1) is 11.1 Å². The number of ether oxygens (including phenoxy) is 1. The summed E-state index contributed by atoms with van der Waals surface area (Å²) in [6.45, 7) is 11.4. The van der Waals surface area contributed by atoms with E-state index < -0.39 is 0 Å². The molecule has 0 amide bonds. The number of carbonyl (C=O) groups excluding carboxylic acids is 1. The molecule has 1 aliphatic heterocycles. The van der Waals surface area contributed by atoms with Crippen LogP contribution in [-0.2, 0) is 9.53 Å². The number of carbonyl (C=O) groups is 1. The van der Waals surface area contributed by atoms with E-state index in [-0.39, 0.29) is 17.1 Å². The predicted octanol–water partition coefficient (Wildman–Crippen LogP) is 3.81. The molecule has 3 nitrogen and oxygen atoms in total. The van der Waals surface area contributed by atoms with E-state index >= 15 is 0 Å². The second kappa shape index (κ2) is 6.78. The third kappa shape index (κ3) is 2.92. The van der Waals surface area contributed by atoms with Crippen LogP contribution in [0.2, 0.25) is 0 Å². The minimum absolute atomic E-state index is 0.0645. The van der Waals surface area contributed by atoms with Crippen LogP contribution in [0, 0.1) is 5.92 Å². The molecule has 1 heterocycles. The van der Waals surface area contributed by atoms with E-state index in [1.54, 1.807) is 0 Å². The van der Waals surface area contributed by atoms with Crippen LogP contribution in [0.5, 0.6) is 0 Å². The fourth-order valence-electron chi connectivity index (χ4n) is 4.58. The molecule has 0 aromatic carbocycles. The van der Waals surface area contributed by atoms with Crippen molar-refractivity contribution < 1.29 is 9.53 Å². The average molecular weight is 295 g/mol. The van der Waals surface area contributed by atoms with Gasteiger partial charge in [-0.1, -0.05) is 27.7 Å². The molecule has 1 unspecified atom stereocenters. The quantitative estimate of drug-likeness (QED) is 0.715. The third-order valence-corrected chi connectivity index (χ3v) is 6.13. The van der Waals surface area contributed by atoms with Crippen LogP contribution in [0.15, 0.2) is 0 Å². The van der Waals surface area contributed by atoms with Crippen LogP contribution >= 0.6 is 0 Å². The maximum Gasteiger partial charge on any atom is 0.156 e. The Hall–Kier alpha value is -0.410. The molecule has 2 fully saturated rings. The average Bonchev–Trinajstić information content (AvgIpc) is 2.50. The van der Waals surface area contributed by atoms with Crippen LogP contribution in [0.1, 0.15) is 72.6 Å². The van der Waals surface area contributed by atoms with Gasteiger partial charge in [0.25, 0.3) is 0 Å². The summed E-state index contributed by atoms with van der Waals surface area (Å²) < 4.78 is 6.01. The Labute approximate surface area is 130 Å². The van der Waals surface area contributed by atoms with Gasteiger partial charge in [0.15, 0.2) is 5.78 Å². The molecule has 2 aliphatic rings. The van der Waals surface area contributed by atoms with E-state index in [2.05, 4.69) is 32.6 Å². The van der Waals surface area contributed by atoms with Gasteiger partial charge in [0.2, 0.25) is 0 Å². The van der Waals surface area contributed by atoms with Crippen molar-refractivity contribution >= 4 is 5.78 Å². The molecule has 2 rings (SSSR count). The molecule has 0 aromatic rings. The molecule has 1 saturated heterocycles. The SMILES string of the molecule is CCN(CC)C(CC)(CC)C(=O)C1CCOC2(CCC2)C1. The molecule has 1 saturated carbocycles. The highest BCUT2D eigenvalue weighted by Gasteiger charge is 2.49. The topological polar surface area (TPSA) is 29.5 Å². The maximum absolute atomic E-state index is 13.4. The normalized spacial score (nSPS) is 25.1. The first-order valence-electron chi connectivity index (χ1n) is 9.00. The molecule has 1 spiro atoms. The van der Waals surface area contributed by atoms with Gasteiger partial charge in [0.1, 0.15) is 0 Å². The van der Waals surface area contributed by atoms with Crippen molar-refractivity contribution in [1.82, 2.24) is 4.90 Å². The van der Waals surface area contributed by atoms with Crippen LogP contribution in [-0.4, -0.2) is 41.5 Å². The number of nitrogens with zero attached hydrogens (tertiary/aromatic N) is 1. The molecule has 21 heavy (non-hydrogen) atoms. The van der Waals surface area contributed by atoms with Crippen molar-refractivity contribution in [2.24, 2.45) is 5.92 Å². The molecule has 122 valence electrons. The van der Waals surface area contributed by atoms with Crippen molar-refractivity contribution in [3.05, 3.63) is 0 Å². The molecular formula is C18H33NO2. The lowest BCUT2D eigenvalue weighted by Crippen LogP contribution is -2.58. The van der Waals surface area contributed by atoms with Crippen LogP contribution in [0.4, 0.5) is 0 Å². The van der Waals surface area contributed by atoms with E-state index in [4.69, 9.17) is 4.74 Å². The third-order valence-electron chi connectivity index (χ3n) is 6.13. The molecule has 3 heteroatoms. The summed E-state index contributed by atoms with van der Waals surface area (Å²) in [4.78, 5) is 15.8. The van der Waals surface area contributed by atoms with E-state index in [1.807, 2.05) is 0 Å². The van der Waals surface area contributed by atoms with E-state index in [1.165, 1.54) is 6.42 Å². The van der Waals surface area contributed by atoms with Crippen LogP contribution in [0.25, 0.3) is 0 Å². The number of Topliss-reactive ketones (excluding diaryl/α,β-unsaturated/α-hetero) is 1. The molecule has 1 atom stereocenters. The summed E-state index contributed by atoms with van der Waals surface area (Å²) in [6, 6.07) is 0. The van der Waals surface area contributed by atoms with Crippen molar-refractivity contribution in [3.8, 4) is 0 Å². The van der Waals surface area contributed by atoms with Crippen molar-refractivity contribution in [1.29, 1.82) is 0 Å². The maximum atomic E-state index is 13.4. The smallest absolute Gasteiger partial charge is 0.156 e. The summed E-state index contributed by atoms with van der Waals surface area (Å²) in [6.07, 6.45) is 7.32. The molecule has 1 aliphatic carbocycles. The molecule has 0 aromatic heterocycles. The Balaban J connectivity index is 2.17. The van der Waals surface area contributed by atoms with Gasteiger partial charge in [0, 0.05) is 12.5 Å². The second-order valence-electron chi connectivity index (χ2n) is 6.85. The zero-order valence-corrected chi connectivity index (χ0v) is 14.4. The lowest BCUT2D eigenvalue weighted by molar-refractivity contribution is -0.163. The van der Waals surface area contributed by atoms with E-state index in [0.717, 1.165) is 58.2 Å². The largest absolute Gasteiger partial charge is 0.375 e. The zero-order valence-electron chi connectivity index (χ0n) is 14.4. The van der Waals surface area contributed by atoms with Crippen molar-refractivity contribution in [3.63, 3.8) is 0 Å². The lowest BCUT2D eigenvalue weighted by Gasteiger charge is -2.49. The predicted molar refractivity (Wildman–Crippen MR) is 86.5 cm³/mol. The van der Waals surface area contributed by atoms with Gasteiger partial charge in [-0.15, -0.1) is 0 Å². The summed E-state index contributed by atoms with van der Waals surface area (Å²) in [7, 11) is 0. The number of likely N-dealkylation sites (N-methyl/N-ethyl adjacent to an activating group) is 1. The number of ketones is 1. The molecule has 0 N–H and O–H groups in total. The first kappa shape index (κ1) is 17.0. The standard InChI is InChI=1S/C18H33NO2/c1-5-18(6-2,19(7-3)8-4)16(20)15-10-13-21-17(14-15)11-9-12-17/h15H,5-14H2,1-4H3. The highest BCUT2D eigenvalue weighted by Crippen LogP contribution is 2.46. The minimum atomic E-state index is -0.254. The van der Waals surface area contributed by atoms with Gasteiger partial charge in [-0.25, -0.2) is 0 Å². The van der Waals surface area contributed by atoms with Crippen LogP contribution < -0.4 is 0 Å². The van der Waals surface area contributed by atoms with Gasteiger partial charge in [-0.2, -0.15) is 0 Å². The molecule has 0 radical (unpaired) electrons. The fraction of sp³-hybridized carbons (Fsp3) is 0.944. The number of hydrogen-bond donors (Lipinski definition) is 0. The Bertz CT molecular complexity index is 354. The first-order valence-corrected chi connectivity index (χ1v) is 9.00. The fourth-order valence-corrected chi connectivity index (χ4v) is 4.58. The van der Waals surface area contributed by atoms with Gasteiger partial charge < -0.3 is 4.74 Å². The summed E-state index contributed by atoms with van der Waals surface area (Å²) >= 11 is 0.